The maximum atomic E-state index is 11.9. The molecule has 0 heterocycles. The first-order valence-electron chi connectivity index (χ1n) is 6.90. The van der Waals surface area contributed by atoms with Crippen LogP contribution in [0.5, 0.6) is 0 Å². The van der Waals surface area contributed by atoms with Crippen molar-refractivity contribution in [3.63, 3.8) is 0 Å². The minimum Gasteiger partial charge on any atom is -0.409 e. The molecule has 0 radical (unpaired) electrons. The van der Waals surface area contributed by atoms with Crippen LogP contribution in [0.15, 0.2) is 47.6 Å². The monoisotopic (exact) mass is 285 g/mol. The molecule has 0 unspecified atom stereocenters. The van der Waals surface area contributed by atoms with Gasteiger partial charge in [0.2, 0.25) is 5.91 Å². The molecule has 0 fully saturated rings. The fraction of sp³-hybridized carbons (Fsp3) is 0.250. The molecule has 1 amide bonds. The van der Waals surface area contributed by atoms with Gasteiger partial charge in [0.25, 0.3) is 0 Å². The number of carbonyl (C=O) groups excluding carboxylic acids is 1. The lowest BCUT2D eigenvalue weighted by molar-refractivity contribution is -0.120. The number of benzene rings is 2. The van der Waals surface area contributed by atoms with Crippen molar-refractivity contribution in [2.75, 3.05) is 6.54 Å². The van der Waals surface area contributed by atoms with Crippen molar-refractivity contribution in [2.45, 2.75) is 19.3 Å². The van der Waals surface area contributed by atoms with Crippen LogP contribution >= 0.6 is 0 Å². The Labute approximate surface area is 123 Å². The van der Waals surface area contributed by atoms with Crippen molar-refractivity contribution in [3.05, 3.63) is 48.0 Å². The van der Waals surface area contributed by atoms with E-state index in [0.29, 0.717) is 25.8 Å². The Morgan fingerprint density at radius 3 is 2.76 bits per heavy atom. The van der Waals surface area contributed by atoms with Gasteiger partial charge in [0.05, 0.1) is 6.42 Å². The summed E-state index contributed by atoms with van der Waals surface area (Å²) in [5.41, 5.74) is 6.38. The zero-order valence-corrected chi connectivity index (χ0v) is 11.7. The van der Waals surface area contributed by atoms with Crippen LogP contribution in [0.1, 0.15) is 18.4 Å². The van der Waals surface area contributed by atoms with E-state index in [0.717, 1.165) is 16.3 Å². The highest BCUT2D eigenvalue weighted by molar-refractivity contribution is 5.90. The molecule has 0 aliphatic heterocycles. The quantitative estimate of drug-likeness (QED) is 0.249. The number of rotatable bonds is 6. The normalized spacial score (nSPS) is 11.5. The third-order valence-electron chi connectivity index (χ3n) is 3.29. The highest BCUT2D eigenvalue weighted by Gasteiger charge is 2.06. The van der Waals surface area contributed by atoms with Gasteiger partial charge in [0.1, 0.15) is 5.84 Å². The van der Waals surface area contributed by atoms with Gasteiger partial charge in [-0.05, 0) is 22.8 Å². The number of nitrogens with zero attached hydrogens (tertiary/aromatic N) is 1. The van der Waals surface area contributed by atoms with Crippen LogP contribution in [0.4, 0.5) is 0 Å². The number of amidine groups is 1. The lowest BCUT2D eigenvalue weighted by Gasteiger charge is -2.07. The molecule has 21 heavy (non-hydrogen) atoms. The van der Waals surface area contributed by atoms with Gasteiger partial charge >= 0.3 is 0 Å². The van der Waals surface area contributed by atoms with E-state index in [4.69, 9.17) is 10.9 Å². The summed E-state index contributed by atoms with van der Waals surface area (Å²) in [4.78, 5) is 11.9. The van der Waals surface area contributed by atoms with Gasteiger partial charge in [-0.1, -0.05) is 47.6 Å². The maximum absolute atomic E-state index is 11.9. The average Bonchev–Trinajstić information content (AvgIpc) is 2.51. The van der Waals surface area contributed by atoms with Crippen LogP contribution in [0.25, 0.3) is 10.8 Å². The summed E-state index contributed by atoms with van der Waals surface area (Å²) in [6, 6.07) is 14.0. The molecule has 2 aromatic rings. The first-order chi connectivity index (χ1) is 10.2. The van der Waals surface area contributed by atoms with Crippen LogP contribution in [0.3, 0.4) is 0 Å². The van der Waals surface area contributed by atoms with E-state index in [1.807, 2.05) is 42.5 Å². The Morgan fingerprint density at radius 2 is 1.95 bits per heavy atom. The fourth-order valence-electron chi connectivity index (χ4n) is 2.23. The Hall–Kier alpha value is -2.56. The highest BCUT2D eigenvalue weighted by Crippen LogP contribution is 2.18. The summed E-state index contributed by atoms with van der Waals surface area (Å²) in [7, 11) is 0. The van der Waals surface area contributed by atoms with E-state index >= 15 is 0 Å². The second-order valence-electron chi connectivity index (χ2n) is 4.86. The van der Waals surface area contributed by atoms with Gasteiger partial charge in [-0.3, -0.25) is 4.79 Å². The lowest BCUT2D eigenvalue weighted by Crippen LogP contribution is -2.27. The van der Waals surface area contributed by atoms with Crippen LogP contribution in [0.2, 0.25) is 0 Å². The number of amides is 1. The second kappa shape index (κ2) is 7.28. The van der Waals surface area contributed by atoms with Crippen molar-refractivity contribution in [1.82, 2.24) is 5.32 Å². The number of oxime groups is 1. The molecule has 0 aromatic heterocycles. The molecule has 5 heteroatoms. The van der Waals surface area contributed by atoms with Crippen molar-refractivity contribution in [3.8, 4) is 0 Å². The van der Waals surface area contributed by atoms with Crippen molar-refractivity contribution in [1.29, 1.82) is 0 Å². The van der Waals surface area contributed by atoms with Crippen LogP contribution in [-0.2, 0) is 11.2 Å². The minimum atomic E-state index is -0.0224. The molecule has 2 rings (SSSR count). The standard InChI is InChI=1S/C16H19N3O2/c17-15(19-21)9-4-10-18-16(20)11-13-7-3-6-12-5-1-2-8-14(12)13/h1-3,5-8,21H,4,9-11H2,(H2,17,19)(H,18,20). The van der Waals surface area contributed by atoms with Crippen LogP contribution < -0.4 is 11.1 Å². The summed E-state index contributed by atoms with van der Waals surface area (Å²) in [5, 5.41) is 16.4. The largest absolute Gasteiger partial charge is 0.409 e. The molecule has 2 aromatic carbocycles. The van der Waals surface area contributed by atoms with Crippen LogP contribution in [-0.4, -0.2) is 23.5 Å². The zero-order chi connectivity index (χ0) is 15.1. The van der Waals surface area contributed by atoms with Gasteiger partial charge in [0, 0.05) is 13.0 Å². The predicted molar refractivity (Wildman–Crippen MR) is 83.3 cm³/mol. The third kappa shape index (κ3) is 4.21. The smallest absolute Gasteiger partial charge is 0.224 e. The first kappa shape index (κ1) is 14.8. The van der Waals surface area contributed by atoms with Crippen molar-refractivity contribution in [2.24, 2.45) is 10.9 Å². The minimum absolute atomic E-state index is 0.0224. The summed E-state index contributed by atoms with van der Waals surface area (Å²) in [6.45, 7) is 0.514. The van der Waals surface area contributed by atoms with Crippen LogP contribution in [0, 0.1) is 0 Å². The van der Waals surface area contributed by atoms with E-state index in [9.17, 15) is 4.79 Å². The second-order valence-corrected chi connectivity index (χ2v) is 4.86. The Morgan fingerprint density at radius 1 is 1.19 bits per heavy atom. The number of hydrogen-bond acceptors (Lipinski definition) is 3. The molecular weight excluding hydrogens is 266 g/mol. The lowest BCUT2D eigenvalue weighted by atomic mass is 10.0. The molecule has 0 bridgehead atoms. The number of hydrogen-bond donors (Lipinski definition) is 3. The summed E-state index contributed by atoms with van der Waals surface area (Å²) >= 11 is 0. The first-order valence-corrected chi connectivity index (χ1v) is 6.90. The van der Waals surface area contributed by atoms with Gasteiger partial charge < -0.3 is 16.3 Å². The van der Waals surface area contributed by atoms with Crippen molar-refractivity contribution < 1.29 is 10.0 Å². The Balaban J connectivity index is 1.90. The summed E-state index contributed by atoms with van der Waals surface area (Å²) < 4.78 is 0. The van der Waals surface area contributed by atoms with E-state index in [2.05, 4.69) is 10.5 Å². The molecule has 5 nitrogen and oxygen atoms in total. The number of nitrogens with two attached hydrogens (primary N) is 1. The highest BCUT2D eigenvalue weighted by atomic mass is 16.4. The van der Waals surface area contributed by atoms with Gasteiger partial charge in [-0.2, -0.15) is 0 Å². The SMILES string of the molecule is NC(CCCNC(=O)Cc1cccc2ccccc12)=NO. The molecule has 110 valence electrons. The average molecular weight is 285 g/mol. The molecule has 0 aliphatic rings. The summed E-state index contributed by atoms with van der Waals surface area (Å²) in [5.74, 6) is 0.157. The molecule has 4 N–H and O–H groups in total. The van der Waals surface area contributed by atoms with E-state index < -0.39 is 0 Å². The number of carbonyl (C=O) groups is 1. The molecule has 0 atom stereocenters. The van der Waals surface area contributed by atoms with Gasteiger partial charge in [0.15, 0.2) is 0 Å². The van der Waals surface area contributed by atoms with Crippen molar-refractivity contribution >= 4 is 22.5 Å². The molecule has 0 aliphatic carbocycles. The van der Waals surface area contributed by atoms with E-state index in [1.54, 1.807) is 0 Å². The topological polar surface area (TPSA) is 87.7 Å². The molecule has 0 spiro atoms. The number of nitrogens with one attached hydrogen (secondary N) is 1. The maximum Gasteiger partial charge on any atom is 0.224 e. The Bertz CT molecular complexity index is 648. The molecule has 0 saturated carbocycles. The third-order valence-corrected chi connectivity index (χ3v) is 3.29. The zero-order valence-electron chi connectivity index (χ0n) is 11.7. The number of fused-ring (bicyclic) bond motifs is 1. The molecular formula is C16H19N3O2. The van der Waals surface area contributed by atoms with E-state index in [1.165, 1.54) is 0 Å². The Kier molecular flexibility index (Phi) is 5.15. The van der Waals surface area contributed by atoms with Gasteiger partial charge in [-0.15, -0.1) is 0 Å². The molecule has 0 saturated heterocycles. The fourth-order valence-corrected chi connectivity index (χ4v) is 2.23. The van der Waals surface area contributed by atoms with Gasteiger partial charge in [-0.25, -0.2) is 0 Å². The predicted octanol–water partition coefficient (Wildman–Crippen LogP) is 2.03. The summed E-state index contributed by atoms with van der Waals surface area (Å²) in [6.07, 6.45) is 1.47. The van der Waals surface area contributed by atoms with E-state index in [-0.39, 0.29) is 11.7 Å².